The molecular formula is C11H16N2O2S. The fourth-order valence-corrected chi connectivity index (χ4v) is 1.70. The Morgan fingerprint density at radius 3 is 2.75 bits per heavy atom. The summed E-state index contributed by atoms with van der Waals surface area (Å²) in [6.45, 7) is 2.10. The first kappa shape index (κ1) is 12.7. The van der Waals surface area contributed by atoms with E-state index >= 15 is 0 Å². The van der Waals surface area contributed by atoms with Crippen LogP contribution in [-0.2, 0) is 10.8 Å². The van der Waals surface area contributed by atoms with Gasteiger partial charge in [-0.15, -0.1) is 0 Å². The van der Waals surface area contributed by atoms with E-state index < -0.39 is 10.8 Å². The Morgan fingerprint density at radius 2 is 2.19 bits per heavy atom. The SMILES string of the molecule is CC(=O)c1cc(NCCS(C)=O)ccc1N. The maximum atomic E-state index is 11.2. The number of rotatable bonds is 5. The Hall–Kier alpha value is -1.36. The van der Waals surface area contributed by atoms with Crippen molar-refractivity contribution in [3.63, 3.8) is 0 Å². The van der Waals surface area contributed by atoms with Gasteiger partial charge in [-0.1, -0.05) is 0 Å². The van der Waals surface area contributed by atoms with E-state index in [1.54, 1.807) is 24.5 Å². The molecule has 4 nitrogen and oxygen atoms in total. The Morgan fingerprint density at radius 1 is 1.50 bits per heavy atom. The number of benzene rings is 1. The monoisotopic (exact) mass is 240 g/mol. The summed E-state index contributed by atoms with van der Waals surface area (Å²) in [6, 6.07) is 5.22. The molecule has 0 heterocycles. The lowest BCUT2D eigenvalue weighted by atomic mass is 10.1. The molecule has 5 heteroatoms. The lowest BCUT2D eigenvalue weighted by Crippen LogP contribution is -2.10. The Labute approximate surface area is 97.7 Å². The van der Waals surface area contributed by atoms with Crippen LogP contribution in [0.5, 0.6) is 0 Å². The highest BCUT2D eigenvalue weighted by atomic mass is 32.2. The highest BCUT2D eigenvalue weighted by Gasteiger charge is 2.05. The van der Waals surface area contributed by atoms with E-state index in [9.17, 15) is 9.00 Å². The van der Waals surface area contributed by atoms with Crippen molar-refractivity contribution in [2.75, 3.05) is 29.6 Å². The molecule has 0 fully saturated rings. The van der Waals surface area contributed by atoms with Gasteiger partial charge in [0.15, 0.2) is 5.78 Å². The van der Waals surface area contributed by atoms with Crippen LogP contribution >= 0.6 is 0 Å². The molecule has 1 aromatic rings. The van der Waals surface area contributed by atoms with E-state index in [1.807, 2.05) is 0 Å². The lowest BCUT2D eigenvalue weighted by molar-refractivity contribution is 0.101. The van der Waals surface area contributed by atoms with Gasteiger partial charge in [-0.05, 0) is 25.1 Å². The Balaban J connectivity index is 2.71. The number of hydrogen-bond acceptors (Lipinski definition) is 4. The molecule has 0 radical (unpaired) electrons. The summed E-state index contributed by atoms with van der Waals surface area (Å²) in [5.74, 6) is 0.528. The maximum absolute atomic E-state index is 11.2. The van der Waals surface area contributed by atoms with Crippen LogP contribution in [-0.4, -0.2) is 28.5 Å². The molecule has 0 aliphatic rings. The average molecular weight is 240 g/mol. The number of anilines is 2. The fourth-order valence-electron chi connectivity index (χ4n) is 1.31. The average Bonchev–Trinajstić information content (AvgIpc) is 2.19. The van der Waals surface area contributed by atoms with Crippen LogP contribution < -0.4 is 11.1 Å². The van der Waals surface area contributed by atoms with E-state index in [4.69, 9.17) is 5.73 Å². The molecule has 16 heavy (non-hydrogen) atoms. The minimum Gasteiger partial charge on any atom is -0.398 e. The number of hydrogen-bond donors (Lipinski definition) is 2. The third-order valence-corrected chi connectivity index (χ3v) is 2.93. The molecule has 1 atom stereocenters. The predicted octanol–water partition coefficient (Wildman–Crippen LogP) is 1.26. The normalized spacial score (nSPS) is 12.1. The molecule has 0 saturated heterocycles. The zero-order valence-corrected chi connectivity index (χ0v) is 10.3. The van der Waals surface area contributed by atoms with Gasteiger partial charge in [-0.2, -0.15) is 0 Å². The van der Waals surface area contributed by atoms with Crippen molar-refractivity contribution >= 4 is 28.0 Å². The summed E-state index contributed by atoms with van der Waals surface area (Å²) < 4.78 is 10.9. The largest absolute Gasteiger partial charge is 0.398 e. The van der Waals surface area contributed by atoms with Gasteiger partial charge >= 0.3 is 0 Å². The van der Waals surface area contributed by atoms with Crippen molar-refractivity contribution in [1.82, 2.24) is 0 Å². The Kier molecular flexibility index (Phi) is 4.49. The summed E-state index contributed by atoms with van der Waals surface area (Å²) in [7, 11) is -0.812. The van der Waals surface area contributed by atoms with Crippen molar-refractivity contribution in [2.24, 2.45) is 0 Å². The van der Waals surface area contributed by atoms with E-state index in [2.05, 4.69) is 5.32 Å². The van der Waals surface area contributed by atoms with Crippen LogP contribution in [0.4, 0.5) is 11.4 Å². The fraction of sp³-hybridized carbons (Fsp3) is 0.364. The summed E-state index contributed by atoms with van der Waals surface area (Å²) in [5.41, 5.74) is 7.49. The minimum absolute atomic E-state index is 0.0554. The molecule has 0 saturated carbocycles. The Bertz CT molecular complexity index is 418. The van der Waals surface area contributed by atoms with E-state index in [1.165, 1.54) is 6.92 Å². The zero-order valence-electron chi connectivity index (χ0n) is 9.45. The maximum Gasteiger partial charge on any atom is 0.161 e. The van der Waals surface area contributed by atoms with Gasteiger partial charge in [0.2, 0.25) is 0 Å². The molecule has 0 aromatic heterocycles. The van der Waals surface area contributed by atoms with E-state index in [0.29, 0.717) is 23.5 Å². The third-order valence-electron chi connectivity index (χ3n) is 2.15. The molecule has 0 spiro atoms. The first-order valence-electron chi connectivity index (χ1n) is 4.95. The number of nitrogens with one attached hydrogen (secondary N) is 1. The number of carbonyl (C=O) groups is 1. The number of carbonyl (C=O) groups excluding carboxylic acids is 1. The van der Waals surface area contributed by atoms with E-state index in [-0.39, 0.29) is 5.78 Å². The van der Waals surface area contributed by atoms with Crippen LogP contribution in [0.3, 0.4) is 0 Å². The van der Waals surface area contributed by atoms with Crippen molar-refractivity contribution in [3.05, 3.63) is 23.8 Å². The van der Waals surface area contributed by atoms with Crippen LogP contribution in [0.1, 0.15) is 17.3 Å². The first-order chi connectivity index (χ1) is 7.50. The third kappa shape index (κ3) is 3.66. The lowest BCUT2D eigenvalue weighted by Gasteiger charge is -2.08. The summed E-state index contributed by atoms with van der Waals surface area (Å²) in [4.78, 5) is 11.2. The van der Waals surface area contributed by atoms with Gasteiger partial charge in [-0.3, -0.25) is 9.00 Å². The second-order valence-corrected chi connectivity index (χ2v) is 5.12. The molecule has 88 valence electrons. The molecule has 0 aliphatic carbocycles. The molecule has 0 bridgehead atoms. The quantitative estimate of drug-likeness (QED) is 0.600. The first-order valence-corrected chi connectivity index (χ1v) is 6.68. The van der Waals surface area contributed by atoms with Crippen LogP contribution in [0.2, 0.25) is 0 Å². The highest BCUT2D eigenvalue weighted by molar-refractivity contribution is 7.84. The molecule has 3 N–H and O–H groups in total. The van der Waals surface area contributed by atoms with Gasteiger partial charge < -0.3 is 11.1 Å². The number of ketones is 1. The van der Waals surface area contributed by atoms with Crippen LogP contribution in [0, 0.1) is 0 Å². The van der Waals surface area contributed by atoms with Crippen LogP contribution in [0.15, 0.2) is 18.2 Å². The van der Waals surface area contributed by atoms with Gasteiger partial charge in [0.1, 0.15) is 0 Å². The van der Waals surface area contributed by atoms with Gasteiger partial charge in [0.25, 0.3) is 0 Å². The van der Waals surface area contributed by atoms with Crippen molar-refractivity contribution in [1.29, 1.82) is 0 Å². The summed E-state index contributed by atoms with van der Waals surface area (Å²) in [6.07, 6.45) is 1.66. The number of nitrogen functional groups attached to an aromatic ring is 1. The second-order valence-electron chi connectivity index (χ2n) is 3.56. The highest BCUT2D eigenvalue weighted by Crippen LogP contribution is 2.18. The number of Topliss-reactive ketones (excluding diaryl/α,β-unsaturated/α-hetero) is 1. The van der Waals surface area contributed by atoms with E-state index in [0.717, 1.165) is 5.69 Å². The van der Waals surface area contributed by atoms with Crippen LogP contribution in [0.25, 0.3) is 0 Å². The zero-order chi connectivity index (χ0) is 12.1. The molecule has 1 rings (SSSR count). The van der Waals surface area contributed by atoms with Crippen molar-refractivity contribution in [3.8, 4) is 0 Å². The summed E-state index contributed by atoms with van der Waals surface area (Å²) in [5, 5.41) is 3.10. The summed E-state index contributed by atoms with van der Waals surface area (Å²) >= 11 is 0. The van der Waals surface area contributed by atoms with Gasteiger partial charge in [-0.25, -0.2) is 0 Å². The van der Waals surface area contributed by atoms with Crippen molar-refractivity contribution < 1.29 is 9.00 Å². The second kappa shape index (κ2) is 5.65. The molecule has 1 unspecified atom stereocenters. The molecular weight excluding hydrogens is 224 g/mol. The number of nitrogens with two attached hydrogens (primary N) is 1. The molecule has 0 aliphatic heterocycles. The predicted molar refractivity (Wildman–Crippen MR) is 68.3 cm³/mol. The minimum atomic E-state index is -0.812. The molecule has 0 amide bonds. The van der Waals surface area contributed by atoms with Crippen molar-refractivity contribution in [2.45, 2.75) is 6.92 Å². The van der Waals surface area contributed by atoms with Gasteiger partial charge in [0.05, 0.1) is 0 Å². The topological polar surface area (TPSA) is 72.2 Å². The smallest absolute Gasteiger partial charge is 0.161 e. The van der Waals surface area contributed by atoms with Gasteiger partial charge in [0, 0.05) is 46.3 Å². The standard InChI is InChI=1S/C11H16N2O2S/c1-8(14)10-7-9(3-4-11(10)12)13-5-6-16(2)15/h3-4,7,13H,5-6,12H2,1-2H3. The molecule has 1 aromatic carbocycles.